The van der Waals surface area contributed by atoms with Crippen molar-refractivity contribution in [2.45, 2.75) is 24.0 Å². The van der Waals surface area contributed by atoms with E-state index in [1.807, 2.05) is 0 Å². The highest BCUT2D eigenvalue weighted by Crippen LogP contribution is 2.35. The van der Waals surface area contributed by atoms with E-state index in [4.69, 9.17) is 4.74 Å². The first-order valence-corrected chi connectivity index (χ1v) is 7.41. The Labute approximate surface area is 119 Å². The van der Waals surface area contributed by atoms with Crippen molar-refractivity contribution in [3.05, 3.63) is 40.6 Å². The number of thioether (sulfide) groups is 1. The van der Waals surface area contributed by atoms with Gasteiger partial charge in [0.05, 0.1) is 6.61 Å². The molecule has 1 aromatic heterocycles. The van der Waals surface area contributed by atoms with Gasteiger partial charge in [-0.2, -0.15) is 0 Å². The fourth-order valence-electron chi connectivity index (χ4n) is 1.89. The van der Waals surface area contributed by atoms with Crippen LogP contribution < -0.4 is 10.4 Å². The van der Waals surface area contributed by atoms with Crippen molar-refractivity contribution in [2.24, 2.45) is 0 Å². The fourth-order valence-corrected chi connectivity index (χ4v) is 2.72. The molecule has 1 aliphatic carbocycles. The summed E-state index contributed by atoms with van der Waals surface area (Å²) in [6.07, 6.45) is 2.05. The first-order chi connectivity index (χ1) is 9.75. The molecule has 0 bridgehead atoms. The monoisotopic (exact) mass is 295 g/mol. The number of H-pyrrole nitrogens is 1. The van der Waals surface area contributed by atoms with Crippen LogP contribution in [0.15, 0.2) is 34.2 Å². The zero-order valence-electron chi connectivity index (χ0n) is 10.7. The molecule has 1 aromatic carbocycles. The Morgan fingerprint density at radius 1 is 1.45 bits per heavy atom. The Kier molecular flexibility index (Phi) is 3.77. The third-order valence-corrected chi connectivity index (χ3v) is 3.91. The van der Waals surface area contributed by atoms with E-state index in [9.17, 15) is 9.18 Å². The number of aromatic amines is 1. The first-order valence-electron chi connectivity index (χ1n) is 6.43. The summed E-state index contributed by atoms with van der Waals surface area (Å²) in [5.74, 6) is 0.479. The molecule has 20 heavy (non-hydrogen) atoms. The molecule has 106 valence electrons. The number of benzene rings is 1. The molecule has 0 radical (unpaired) electrons. The highest BCUT2D eigenvalue weighted by molar-refractivity contribution is 7.99. The lowest BCUT2D eigenvalue weighted by atomic mass is 10.3. The zero-order chi connectivity index (χ0) is 13.9. The van der Waals surface area contributed by atoms with Crippen LogP contribution in [0.4, 0.5) is 4.39 Å². The average Bonchev–Trinajstić information content (AvgIpc) is 3.21. The third-order valence-electron chi connectivity index (χ3n) is 2.99. The number of nitrogens with zero attached hydrogens (tertiary/aromatic N) is 2. The minimum atomic E-state index is -0.368. The van der Waals surface area contributed by atoms with Crippen LogP contribution in [0, 0.1) is 5.82 Å². The second-order valence-electron chi connectivity index (χ2n) is 4.54. The van der Waals surface area contributed by atoms with Crippen LogP contribution in [0.1, 0.15) is 18.9 Å². The van der Waals surface area contributed by atoms with Crippen LogP contribution >= 0.6 is 11.8 Å². The molecule has 7 heteroatoms. The normalized spacial score (nSPS) is 14.4. The summed E-state index contributed by atoms with van der Waals surface area (Å²) < 4.78 is 20.4. The van der Waals surface area contributed by atoms with Gasteiger partial charge in [0.15, 0.2) is 16.7 Å². The summed E-state index contributed by atoms with van der Waals surface area (Å²) in [6, 6.07) is 6.59. The summed E-state index contributed by atoms with van der Waals surface area (Å²) >= 11 is 1.43. The number of halogens is 1. The minimum absolute atomic E-state index is 0.162. The lowest BCUT2D eigenvalue weighted by Gasteiger charge is -2.07. The van der Waals surface area contributed by atoms with Crippen molar-refractivity contribution in [3.63, 3.8) is 0 Å². The van der Waals surface area contributed by atoms with Gasteiger partial charge in [-0.1, -0.05) is 23.9 Å². The van der Waals surface area contributed by atoms with Crippen molar-refractivity contribution in [3.8, 4) is 5.75 Å². The van der Waals surface area contributed by atoms with Gasteiger partial charge < -0.3 is 4.74 Å². The van der Waals surface area contributed by atoms with E-state index < -0.39 is 0 Å². The molecule has 2 aromatic rings. The molecule has 3 rings (SSSR count). The molecular weight excluding hydrogens is 281 g/mol. The van der Waals surface area contributed by atoms with Gasteiger partial charge in [0.2, 0.25) is 0 Å². The van der Waals surface area contributed by atoms with Crippen molar-refractivity contribution >= 4 is 11.8 Å². The zero-order valence-corrected chi connectivity index (χ0v) is 11.5. The summed E-state index contributed by atoms with van der Waals surface area (Å²) in [5.41, 5.74) is -0.162. The van der Waals surface area contributed by atoms with E-state index in [2.05, 4.69) is 10.2 Å². The number of para-hydroxylation sites is 1. The predicted octanol–water partition coefficient (Wildman–Crippen LogP) is 2.22. The summed E-state index contributed by atoms with van der Waals surface area (Å²) in [4.78, 5) is 11.6. The second-order valence-corrected chi connectivity index (χ2v) is 5.60. The van der Waals surface area contributed by atoms with Crippen molar-refractivity contribution < 1.29 is 9.13 Å². The number of nitrogens with one attached hydrogen (secondary N) is 1. The maximum atomic E-state index is 13.3. The molecular formula is C13H14FN3O2S. The average molecular weight is 295 g/mol. The maximum Gasteiger partial charge on any atom is 0.344 e. The molecule has 0 aliphatic heterocycles. The molecule has 1 N–H and O–H groups in total. The Morgan fingerprint density at radius 2 is 2.25 bits per heavy atom. The van der Waals surface area contributed by atoms with Crippen LogP contribution in [-0.2, 0) is 0 Å². The fraction of sp³-hybridized carbons (Fsp3) is 0.385. The molecule has 1 saturated carbocycles. The molecule has 0 atom stereocenters. The Balaban J connectivity index is 1.53. The third kappa shape index (κ3) is 2.87. The molecule has 1 aliphatic rings. The smallest absolute Gasteiger partial charge is 0.344 e. The minimum Gasteiger partial charge on any atom is -0.490 e. The lowest BCUT2D eigenvalue weighted by molar-refractivity contribution is 0.324. The van der Waals surface area contributed by atoms with E-state index >= 15 is 0 Å². The molecule has 0 amide bonds. The van der Waals surface area contributed by atoms with Gasteiger partial charge in [0.25, 0.3) is 0 Å². The molecule has 0 unspecified atom stereocenters. The quantitative estimate of drug-likeness (QED) is 0.656. The number of rotatable bonds is 6. The Morgan fingerprint density at radius 3 is 3.00 bits per heavy atom. The molecule has 5 nitrogen and oxygen atoms in total. The Hall–Kier alpha value is -1.76. The van der Waals surface area contributed by atoms with Crippen LogP contribution in [0.25, 0.3) is 0 Å². The number of hydrogen-bond donors (Lipinski definition) is 1. The van der Waals surface area contributed by atoms with Gasteiger partial charge in [0, 0.05) is 11.8 Å². The van der Waals surface area contributed by atoms with Crippen LogP contribution in [0.5, 0.6) is 5.75 Å². The molecule has 1 fully saturated rings. The second kappa shape index (κ2) is 5.70. The van der Waals surface area contributed by atoms with E-state index in [1.165, 1.54) is 17.8 Å². The lowest BCUT2D eigenvalue weighted by Crippen LogP contribution is -2.16. The van der Waals surface area contributed by atoms with Gasteiger partial charge in [-0.25, -0.2) is 14.3 Å². The number of ether oxygens (including phenoxy) is 1. The van der Waals surface area contributed by atoms with Crippen molar-refractivity contribution in [1.29, 1.82) is 0 Å². The Bertz CT molecular complexity index is 651. The highest BCUT2D eigenvalue weighted by Gasteiger charge is 2.28. The number of hydrogen-bond acceptors (Lipinski definition) is 4. The van der Waals surface area contributed by atoms with Crippen molar-refractivity contribution in [2.75, 3.05) is 12.4 Å². The topological polar surface area (TPSA) is 59.9 Å². The highest BCUT2D eigenvalue weighted by atomic mass is 32.2. The summed E-state index contributed by atoms with van der Waals surface area (Å²) in [5, 5.41) is 7.14. The van der Waals surface area contributed by atoms with Gasteiger partial charge in [0.1, 0.15) is 0 Å². The van der Waals surface area contributed by atoms with Crippen LogP contribution in [0.3, 0.4) is 0 Å². The van der Waals surface area contributed by atoms with Gasteiger partial charge in [-0.05, 0) is 25.0 Å². The molecule has 0 saturated heterocycles. The van der Waals surface area contributed by atoms with E-state index in [0.29, 0.717) is 17.5 Å². The molecule has 0 spiro atoms. The first kappa shape index (κ1) is 13.2. The largest absolute Gasteiger partial charge is 0.490 e. The predicted molar refractivity (Wildman–Crippen MR) is 73.7 cm³/mol. The van der Waals surface area contributed by atoms with E-state index in [-0.39, 0.29) is 23.3 Å². The van der Waals surface area contributed by atoms with E-state index in [0.717, 1.165) is 12.8 Å². The van der Waals surface area contributed by atoms with Crippen LogP contribution in [-0.4, -0.2) is 27.1 Å². The molecule has 1 heterocycles. The SMILES string of the molecule is O=c1[nH]nc(SCCOc2ccccc2F)n1C1CC1. The van der Waals surface area contributed by atoms with Gasteiger partial charge >= 0.3 is 5.69 Å². The van der Waals surface area contributed by atoms with Gasteiger partial charge in [-0.15, -0.1) is 5.10 Å². The number of aromatic nitrogens is 3. The van der Waals surface area contributed by atoms with Crippen LogP contribution in [0.2, 0.25) is 0 Å². The summed E-state index contributed by atoms with van der Waals surface area (Å²) in [6.45, 7) is 0.358. The maximum absolute atomic E-state index is 13.3. The standard InChI is InChI=1S/C13H14FN3O2S/c14-10-3-1-2-4-11(10)19-7-8-20-13-16-15-12(18)17(13)9-5-6-9/h1-4,9H,5-8H2,(H,15,18). The van der Waals surface area contributed by atoms with Gasteiger partial charge in [-0.3, -0.25) is 4.57 Å². The summed E-state index contributed by atoms with van der Waals surface area (Å²) in [7, 11) is 0. The van der Waals surface area contributed by atoms with E-state index in [1.54, 1.807) is 22.8 Å². The van der Waals surface area contributed by atoms with Crippen molar-refractivity contribution in [1.82, 2.24) is 14.8 Å².